The molecular weight excluding hydrogens is 270 g/mol. The summed E-state index contributed by atoms with van der Waals surface area (Å²) in [6, 6.07) is 0.291. The number of rotatable bonds is 7. The molecule has 2 aliphatic heterocycles. The normalized spacial score (nSPS) is 26.8. The summed E-state index contributed by atoms with van der Waals surface area (Å²) in [4.78, 5) is 5.66. The van der Waals surface area contributed by atoms with Crippen molar-refractivity contribution < 1.29 is 4.74 Å². The van der Waals surface area contributed by atoms with Gasteiger partial charge in [0.2, 0.25) is 0 Å². The largest absolute Gasteiger partial charge is 0.392 e. The van der Waals surface area contributed by atoms with Crippen molar-refractivity contribution in [3.63, 3.8) is 0 Å². The first-order valence-corrected chi connectivity index (χ1v) is 8.49. The molecule has 2 unspecified atom stereocenters. The minimum Gasteiger partial charge on any atom is -0.392 e. The van der Waals surface area contributed by atoms with Crippen molar-refractivity contribution in [3.05, 3.63) is 0 Å². The Hall–Kier alpha value is -0.230. The lowest BCUT2D eigenvalue weighted by Crippen LogP contribution is -2.53. The molecule has 4 nitrogen and oxygen atoms in total. The van der Waals surface area contributed by atoms with Crippen LogP contribution in [0.5, 0.6) is 0 Å². The van der Waals surface area contributed by atoms with E-state index >= 15 is 0 Å². The Morgan fingerprint density at radius 2 is 2.10 bits per heavy atom. The van der Waals surface area contributed by atoms with Crippen LogP contribution in [0.25, 0.3) is 0 Å². The summed E-state index contributed by atoms with van der Waals surface area (Å²) in [7, 11) is 0. The quantitative estimate of drug-likeness (QED) is 0.724. The first kappa shape index (κ1) is 16.1. The molecule has 0 aliphatic carbocycles. The minimum absolute atomic E-state index is 0.291. The summed E-state index contributed by atoms with van der Waals surface area (Å²) in [5, 5.41) is 0. The third kappa shape index (κ3) is 4.65. The van der Waals surface area contributed by atoms with E-state index in [1.165, 1.54) is 32.2 Å². The molecular formula is C15H29N3OS. The highest BCUT2D eigenvalue weighted by Crippen LogP contribution is 2.17. The maximum Gasteiger partial charge on any atom is 0.0901 e. The van der Waals surface area contributed by atoms with Crippen LogP contribution >= 0.6 is 12.2 Å². The topological polar surface area (TPSA) is 41.7 Å². The number of nitrogens with two attached hydrogens (primary N) is 1. The maximum absolute atomic E-state index is 5.83. The zero-order valence-electron chi connectivity index (χ0n) is 12.7. The smallest absolute Gasteiger partial charge is 0.0901 e. The van der Waals surface area contributed by atoms with E-state index in [9.17, 15) is 0 Å². The first-order valence-electron chi connectivity index (χ1n) is 8.08. The van der Waals surface area contributed by atoms with E-state index in [0.717, 1.165) is 39.2 Å². The molecule has 0 aromatic heterocycles. The number of ether oxygens (including phenoxy) is 1. The zero-order chi connectivity index (χ0) is 14.4. The highest BCUT2D eigenvalue weighted by molar-refractivity contribution is 7.80. The second-order valence-electron chi connectivity index (χ2n) is 5.98. The van der Waals surface area contributed by atoms with Crippen LogP contribution in [0, 0.1) is 0 Å². The number of piperazine rings is 1. The summed E-state index contributed by atoms with van der Waals surface area (Å²) in [5.41, 5.74) is 5.83. The molecule has 2 saturated heterocycles. The van der Waals surface area contributed by atoms with Crippen molar-refractivity contribution in [2.45, 2.75) is 51.2 Å². The van der Waals surface area contributed by atoms with Gasteiger partial charge in [-0.25, -0.2) is 0 Å². The number of hydrogen-bond donors (Lipinski definition) is 1. The number of nitrogens with zero attached hydrogens (tertiary/aromatic N) is 2. The van der Waals surface area contributed by atoms with E-state index in [1.54, 1.807) is 0 Å². The van der Waals surface area contributed by atoms with Crippen molar-refractivity contribution in [2.24, 2.45) is 5.73 Å². The van der Waals surface area contributed by atoms with Gasteiger partial charge in [0, 0.05) is 32.8 Å². The standard InChI is InChI=1S/C15H29N3OS/c1-2-14(15(16)20)18-10-8-17(9-11-18)7-3-5-13-6-4-12-19-13/h13-14H,2-12H2,1H3,(H2,16,20). The summed E-state index contributed by atoms with van der Waals surface area (Å²) < 4.78 is 5.68. The highest BCUT2D eigenvalue weighted by atomic mass is 32.1. The van der Waals surface area contributed by atoms with Crippen LogP contribution in [0.4, 0.5) is 0 Å². The van der Waals surface area contributed by atoms with Crippen molar-refractivity contribution >= 4 is 17.2 Å². The molecule has 2 heterocycles. The predicted molar refractivity (Wildman–Crippen MR) is 87.1 cm³/mol. The van der Waals surface area contributed by atoms with E-state index in [-0.39, 0.29) is 0 Å². The van der Waals surface area contributed by atoms with Gasteiger partial charge in [-0.05, 0) is 38.6 Å². The summed E-state index contributed by atoms with van der Waals surface area (Å²) in [6.07, 6.45) is 6.56. The van der Waals surface area contributed by atoms with Gasteiger partial charge in [-0.2, -0.15) is 0 Å². The summed E-state index contributed by atoms with van der Waals surface area (Å²) >= 11 is 5.17. The molecule has 0 radical (unpaired) electrons. The molecule has 2 rings (SSSR count). The van der Waals surface area contributed by atoms with Gasteiger partial charge in [-0.15, -0.1) is 0 Å². The van der Waals surface area contributed by atoms with Crippen LogP contribution in [0.1, 0.15) is 39.0 Å². The zero-order valence-corrected chi connectivity index (χ0v) is 13.5. The molecule has 0 aromatic rings. The van der Waals surface area contributed by atoms with Gasteiger partial charge in [0.25, 0.3) is 0 Å². The first-order chi connectivity index (χ1) is 9.70. The van der Waals surface area contributed by atoms with Crippen LogP contribution in [0.3, 0.4) is 0 Å². The molecule has 2 N–H and O–H groups in total. The van der Waals surface area contributed by atoms with Crippen molar-refractivity contribution in [3.8, 4) is 0 Å². The molecule has 116 valence electrons. The van der Waals surface area contributed by atoms with Crippen LogP contribution in [0.15, 0.2) is 0 Å². The lowest BCUT2D eigenvalue weighted by Gasteiger charge is -2.38. The van der Waals surface area contributed by atoms with Crippen LogP contribution in [-0.2, 0) is 4.74 Å². The maximum atomic E-state index is 5.83. The van der Waals surface area contributed by atoms with Crippen LogP contribution in [0.2, 0.25) is 0 Å². The second-order valence-corrected chi connectivity index (χ2v) is 6.45. The van der Waals surface area contributed by atoms with Crippen molar-refractivity contribution in [1.29, 1.82) is 0 Å². The van der Waals surface area contributed by atoms with Gasteiger partial charge >= 0.3 is 0 Å². The van der Waals surface area contributed by atoms with E-state index in [0.29, 0.717) is 17.1 Å². The van der Waals surface area contributed by atoms with Crippen molar-refractivity contribution in [1.82, 2.24) is 9.80 Å². The molecule has 0 bridgehead atoms. The molecule has 5 heteroatoms. The molecule has 2 atom stereocenters. The number of thiocarbonyl (C=S) groups is 1. The minimum atomic E-state index is 0.291. The SMILES string of the molecule is CCC(C(N)=S)N1CCN(CCCC2CCCO2)CC1. The van der Waals surface area contributed by atoms with E-state index in [2.05, 4.69) is 16.7 Å². The lowest BCUT2D eigenvalue weighted by molar-refractivity contribution is 0.0883. The van der Waals surface area contributed by atoms with Gasteiger partial charge < -0.3 is 15.4 Å². The van der Waals surface area contributed by atoms with Crippen molar-refractivity contribution in [2.75, 3.05) is 39.3 Å². The third-order valence-electron chi connectivity index (χ3n) is 4.59. The van der Waals surface area contributed by atoms with Gasteiger partial charge in [0.05, 0.1) is 17.1 Å². The Morgan fingerprint density at radius 1 is 1.35 bits per heavy atom. The van der Waals surface area contributed by atoms with Crippen LogP contribution < -0.4 is 5.73 Å². The Balaban J connectivity index is 1.62. The predicted octanol–water partition coefficient (Wildman–Crippen LogP) is 1.63. The molecule has 2 fully saturated rings. The Kier molecular flexibility index (Phi) is 6.68. The summed E-state index contributed by atoms with van der Waals surface area (Å²) in [6.45, 7) is 8.82. The van der Waals surface area contributed by atoms with E-state index in [4.69, 9.17) is 22.7 Å². The molecule has 0 spiro atoms. The monoisotopic (exact) mass is 299 g/mol. The average Bonchev–Trinajstić information content (AvgIpc) is 2.94. The van der Waals surface area contributed by atoms with Gasteiger partial charge in [0.1, 0.15) is 0 Å². The molecule has 0 saturated carbocycles. The van der Waals surface area contributed by atoms with Gasteiger partial charge in [0.15, 0.2) is 0 Å². The molecule has 0 aromatic carbocycles. The summed E-state index contributed by atoms with van der Waals surface area (Å²) in [5.74, 6) is 0. The average molecular weight is 299 g/mol. The lowest BCUT2D eigenvalue weighted by atomic mass is 10.1. The van der Waals surface area contributed by atoms with Crippen LogP contribution in [-0.4, -0.2) is 66.3 Å². The third-order valence-corrected chi connectivity index (χ3v) is 4.86. The number of hydrogen-bond acceptors (Lipinski definition) is 4. The Morgan fingerprint density at radius 3 is 2.65 bits per heavy atom. The fourth-order valence-corrected chi connectivity index (χ4v) is 3.67. The van der Waals surface area contributed by atoms with E-state index in [1.807, 2.05) is 0 Å². The fraction of sp³-hybridized carbons (Fsp3) is 0.933. The Labute approximate surface area is 128 Å². The Bertz CT molecular complexity index is 299. The second kappa shape index (κ2) is 8.27. The highest BCUT2D eigenvalue weighted by Gasteiger charge is 2.24. The fourth-order valence-electron chi connectivity index (χ4n) is 3.35. The molecule has 20 heavy (non-hydrogen) atoms. The van der Waals surface area contributed by atoms with E-state index < -0.39 is 0 Å². The van der Waals surface area contributed by atoms with Gasteiger partial charge in [-0.1, -0.05) is 19.1 Å². The molecule has 2 aliphatic rings. The molecule has 0 amide bonds. The van der Waals surface area contributed by atoms with Gasteiger partial charge in [-0.3, -0.25) is 4.90 Å².